The summed E-state index contributed by atoms with van der Waals surface area (Å²) in [6.07, 6.45) is 1.14. The zero-order valence-electron chi connectivity index (χ0n) is 8.68. The number of carbonyl (C=O) groups excluding carboxylic acids is 2. The summed E-state index contributed by atoms with van der Waals surface area (Å²) >= 11 is 0. The van der Waals surface area contributed by atoms with E-state index in [2.05, 4.69) is 5.32 Å². The fraction of sp³-hybridized carbons (Fsp3) is 0.667. The number of hydrogen-bond donors (Lipinski definition) is 3. The first kappa shape index (κ1) is 12.4. The molecular weight excluding hydrogens is 216 g/mol. The topological polar surface area (TPSA) is 107 Å². The normalized spacial score (nSPS) is 17.3. The summed E-state index contributed by atoms with van der Waals surface area (Å²) in [5, 5.41) is 19.4. The van der Waals surface area contributed by atoms with E-state index >= 15 is 0 Å². The van der Waals surface area contributed by atoms with E-state index in [9.17, 15) is 14.4 Å². The molecule has 7 nitrogen and oxygen atoms in total. The molecule has 1 fully saturated rings. The number of nitrogens with one attached hydrogen (secondary N) is 1. The minimum Gasteiger partial charge on any atom is -0.480 e. The highest BCUT2D eigenvalue weighted by atomic mass is 16.4. The van der Waals surface area contributed by atoms with E-state index in [0.717, 1.165) is 0 Å². The number of carboxylic acid groups (broad SMARTS) is 1. The Morgan fingerprint density at radius 2 is 2.19 bits per heavy atom. The molecule has 1 saturated heterocycles. The molecule has 0 aromatic heterocycles. The Bertz CT molecular complexity index is 298. The maximum absolute atomic E-state index is 11.3. The average Bonchev–Trinajstić information content (AvgIpc) is 2.60. The lowest BCUT2D eigenvalue weighted by molar-refractivity contribution is -0.143. The van der Waals surface area contributed by atoms with E-state index in [1.165, 1.54) is 4.90 Å². The van der Waals surface area contributed by atoms with E-state index < -0.39 is 24.5 Å². The molecule has 7 heteroatoms. The number of hydrogen-bond acceptors (Lipinski definition) is 4. The zero-order valence-corrected chi connectivity index (χ0v) is 8.68. The molecule has 0 spiro atoms. The molecule has 0 saturated carbocycles. The average molecular weight is 230 g/mol. The van der Waals surface area contributed by atoms with E-state index in [1.807, 2.05) is 0 Å². The summed E-state index contributed by atoms with van der Waals surface area (Å²) in [5.41, 5.74) is 0. The van der Waals surface area contributed by atoms with Gasteiger partial charge >= 0.3 is 5.97 Å². The van der Waals surface area contributed by atoms with Crippen molar-refractivity contribution in [1.29, 1.82) is 0 Å². The second kappa shape index (κ2) is 5.45. The maximum Gasteiger partial charge on any atom is 0.328 e. The van der Waals surface area contributed by atoms with E-state index in [4.69, 9.17) is 10.2 Å². The Morgan fingerprint density at radius 1 is 1.50 bits per heavy atom. The largest absolute Gasteiger partial charge is 0.480 e. The maximum atomic E-state index is 11.3. The monoisotopic (exact) mass is 230 g/mol. The van der Waals surface area contributed by atoms with Gasteiger partial charge in [-0.1, -0.05) is 0 Å². The van der Waals surface area contributed by atoms with Gasteiger partial charge in [-0.25, -0.2) is 4.79 Å². The van der Waals surface area contributed by atoms with Gasteiger partial charge in [0.25, 0.3) is 0 Å². The highest BCUT2D eigenvalue weighted by Gasteiger charge is 2.24. The van der Waals surface area contributed by atoms with Gasteiger partial charge in [-0.2, -0.15) is 0 Å². The first-order valence-corrected chi connectivity index (χ1v) is 4.95. The summed E-state index contributed by atoms with van der Waals surface area (Å²) in [5.74, 6) is -1.98. The van der Waals surface area contributed by atoms with Crippen molar-refractivity contribution in [3.05, 3.63) is 0 Å². The van der Waals surface area contributed by atoms with Gasteiger partial charge in [0.1, 0.15) is 6.04 Å². The number of aliphatic carboxylic acids is 1. The number of likely N-dealkylation sites (tertiary alicyclic amines) is 1. The standard InChI is InChI=1S/C9H14N2O5/c12-5-6(9(15)16)10-7(13)4-11-3-1-2-8(11)14/h6,12H,1-5H2,(H,10,13)(H,15,16)/t6-/m0/s1. The zero-order chi connectivity index (χ0) is 12.1. The van der Waals surface area contributed by atoms with Crippen molar-refractivity contribution >= 4 is 17.8 Å². The molecule has 1 atom stereocenters. The molecule has 2 amide bonds. The lowest BCUT2D eigenvalue weighted by Gasteiger charge is -2.17. The SMILES string of the molecule is O=C(CN1CCCC1=O)N[C@@H](CO)C(=O)O. The van der Waals surface area contributed by atoms with E-state index in [1.54, 1.807) is 0 Å². The summed E-state index contributed by atoms with van der Waals surface area (Å²) in [6.45, 7) is -0.305. The Morgan fingerprint density at radius 3 is 2.62 bits per heavy atom. The van der Waals surface area contributed by atoms with Crippen LogP contribution in [-0.2, 0) is 14.4 Å². The molecule has 16 heavy (non-hydrogen) atoms. The molecule has 0 aromatic carbocycles. The van der Waals surface area contributed by atoms with Crippen LogP contribution < -0.4 is 5.32 Å². The summed E-state index contributed by atoms with van der Waals surface area (Å²) < 4.78 is 0. The van der Waals surface area contributed by atoms with Crippen LogP contribution in [0.25, 0.3) is 0 Å². The summed E-state index contributed by atoms with van der Waals surface area (Å²) in [6, 6.07) is -1.31. The Labute approximate surface area is 92.0 Å². The van der Waals surface area contributed by atoms with Crippen LogP contribution in [0.15, 0.2) is 0 Å². The highest BCUT2D eigenvalue weighted by molar-refractivity contribution is 5.88. The molecule has 0 aromatic rings. The first-order valence-electron chi connectivity index (χ1n) is 4.95. The molecule has 3 N–H and O–H groups in total. The fourth-order valence-electron chi connectivity index (χ4n) is 1.47. The van der Waals surface area contributed by atoms with Crippen molar-refractivity contribution in [3.63, 3.8) is 0 Å². The van der Waals surface area contributed by atoms with Gasteiger partial charge in [-0.05, 0) is 6.42 Å². The molecule has 0 unspecified atom stereocenters. The molecule has 0 radical (unpaired) electrons. The third-order valence-electron chi connectivity index (χ3n) is 2.32. The van der Waals surface area contributed by atoms with Crippen LogP contribution in [0.1, 0.15) is 12.8 Å². The van der Waals surface area contributed by atoms with Crippen LogP contribution >= 0.6 is 0 Å². The van der Waals surface area contributed by atoms with Crippen LogP contribution in [-0.4, -0.2) is 58.6 Å². The number of rotatable bonds is 5. The lowest BCUT2D eigenvalue weighted by Crippen LogP contribution is -2.47. The van der Waals surface area contributed by atoms with Crippen molar-refractivity contribution in [2.75, 3.05) is 19.7 Å². The van der Waals surface area contributed by atoms with Crippen LogP contribution in [0.3, 0.4) is 0 Å². The number of aliphatic hydroxyl groups is 1. The molecule has 1 aliphatic heterocycles. The van der Waals surface area contributed by atoms with Crippen molar-refractivity contribution in [2.45, 2.75) is 18.9 Å². The van der Waals surface area contributed by atoms with E-state index in [0.29, 0.717) is 19.4 Å². The van der Waals surface area contributed by atoms with Crippen LogP contribution in [0.2, 0.25) is 0 Å². The number of carbonyl (C=O) groups is 3. The smallest absolute Gasteiger partial charge is 0.328 e. The first-order chi connectivity index (χ1) is 7.54. The van der Waals surface area contributed by atoms with Crippen molar-refractivity contribution in [2.24, 2.45) is 0 Å². The van der Waals surface area contributed by atoms with Gasteiger partial charge in [0, 0.05) is 13.0 Å². The Balaban J connectivity index is 2.40. The second-order valence-corrected chi connectivity index (χ2v) is 3.56. The quantitative estimate of drug-likeness (QED) is 0.515. The van der Waals surface area contributed by atoms with Crippen LogP contribution in [0.4, 0.5) is 0 Å². The van der Waals surface area contributed by atoms with Gasteiger partial charge < -0.3 is 20.4 Å². The minimum absolute atomic E-state index is 0.106. The van der Waals surface area contributed by atoms with Crippen molar-refractivity contribution in [1.82, 2.24) is 10.2 Å². The Hall–Kier alpha value is -1.63. The predicted octanol–water partition coefficient (Wildman–Crippen LogP) is -1.83. The molecule has 0 aliphatic carbocycles. The molecule has 90 valence electrons. The van der Waals surface area contributed by atoms with Crippen LogP contribution in [0.5, 0.6) is 0 Å². The molecule has 0 bridgehead atoms. The van der Waals surface area contributed by atoms with Crippen LogP contribution in [0, 0.1) is 0 Å². The summed E-state index contributed by atoms with van der Waals surface area (Å²) in [4.78, 5) is 34.4. The Kier molecular flexibility index (Phi) is 4.24. The number of amides is 2. The molecule has 1 rings (SSSR count). The van der Waals surface area contributed by atoms with Gasteiger partial charge in [0.2, 0.25) is 11.8 Å². The second-order valence-electron chi connectivity index (χ2n) is 3.56. The van der Waals surface area contributed by atoms with Crippen molar-refractivity contribution in [3.8, 4) is 0 Å². The van der Waals surface area contributed by atoms with Gasteiger partial charge in [0.05, 0.1) is 13.2 Å². The third-order valence-corrected chi connectivity index (χ3v) is 2.32. The molecular formula is C9H14N2O5. The minimum atomic E-state index is -1.31. The van der Waals surface area contributed by atoms with E-state index in [-0.39, 0.29) is 12.5 Å². The number of aliphatic hydroxyl groups excluding tert-OH is 1. The highest BCUT2D eigenvalue weighted by Crippen LogP contribution is 2.08. The van der Waals surface area contributed by atoms with Gasteiger partial charge in [0.15, 0.2) is 0 Å². The number of nitrogens with zero attached hydrogens (tertiary/aromatic N) is 1. The third kappa shape index (κ3) is 3.20. The summed E-state index contributed by atoms with van der Waals surface area (Å²) in [7, 11) is 0. The van der Waals surface area contributed by atoms with Gasteiger partial charge in [-0.3, -0.25) is 9.59 Å². The predicted molar refractivity (Wildman–Crippen MR) is 52.5 cm³/mol. The lowest BCUT2D eigenvalue weighted by atomic mass is 10.3. The molecule has 1 heterocycles. The van der Waals surface area contributed by atoms with Crippen molar-refractivity contribution < 1.29 is 24.6 Å². The number of carboxylic acids is 1. The molecule has 1 aliphatic rings. The fourth-order valence-corrected chi connectivity index (χ4v) is 1.47. The van der Waals surface area contributed by atoms with Gasteiger partial charge in [-0.15, -0.1) is 0 Å².